The van der Waals surface area contributed by atoms with Crippen LogP contribution in [0.25, 0.3) is 0 Å². The fourth-order valence-corrected chi connectivity index (χ4v) is 1.59. The molecule has 2 nitrogen and oxygen atoms in total. The van der Waals surface area contributed by atoms with Gasteiger partial charge in [-0.3, -0.25) is 4.90 Å². The first-order chi connectivity index (χ1) is 5.77. The molecule has 1 atom stereocenters. The minimum absolute atomic E-state index is 0.108. The minimum Gasteiger partial charge on any atom is -0.284 e. The van der Waals surface area contributed by atoms with Gasteiger partial charge in [0.15, 0.2) is 0 Å². The highest BCUT2D eigenvalue weighted by Gasteiger charge is 2.23. The summed E-state index contributed by atoms with van der Waals surface area (Å²) in [6.45, 7) is 3.85. The Morgan fingerprint density at radius 3 is 3.17 bits per heavy atom. The molecular formula is C9H13ClN2. The number of halogens is 1. The van der Waals surface area contributed by atoms with E-state index in [4.69, 9.17) is 16.9 Å². The van der Waals surface area contributed by atoms with Crippen molar-refractivity contribution in [1.29, 1.82) is 5.26 Å². The van der Waals surface area contributed by atoms with E-state index in [0.29, 0.717) is 0 Å². The molecule has 0 spiro atoms. The fraction of sp³-hybridized carbons (Fsp3) is 0.667. The molecule has 0 N–H and O–H groups in total. The topological polar surface area (TPSA) is 27.0 Å². The van der Waals surface area contributed by atoms with Gasteiger partial charge in [0, 0.05) is 12.1 Å². The molecule has 3 heteroatoms. The van der Waals surface area contributed by atoms with E-state index in [-0.39, 0.29) is 6.04 Å². The predicted octanol–water partition coefficient (Wildman–Crippen LogP) is 2.12. The number of nitrogens with zero attached hydrogens (tertiary/aromatic N) is 2. The molecule has 1 aliphatic rings. The van der Waals surface area contributed by atoms with Crippen molar-refractivity contribution in [2.24, 2.45) is 0 Å². The molecule has 1 heterocycles. The summed E-state index contributed by atoms with van der Waals surface area (Å²) in [6.07, 6.45) is 2.14. The molecule has 0 aromatic heterocycles. The number of rotatable bonds is 2. The number of hydrogen-bond donors (Lipinski definition) is 0. The lowest BCUT2D eigenvalue weighted by atomic mass is 10.2. The Labute approximate surface area is 78.4 Å². The standard InChI is InChI=1S/C9H13ClN2/c1-8(5-10)7-12-4-2-3-9(12)6-11/h5,9H,2-4,7H2,1H3. The quantitative estimate of drug-likeness (QED) is 0.658. The van der Waals surface area contributed by atoms with Gasteiger partial charge in [-0.2, -0.15) is 5.26 Å². The van der Waals surface area contributed by atoms with Crippen LogP contribution in [-0.4, -0.2) is 24.0 Å². The normalized spacial score (nSPS) is 25.8. The Kier molecular flexibility index (Phi) is 3.58. The summed E-state index contributed by atoms with van der Waals surface area (Å²) in [4.78, 5) is 2.17. The summed E-state index contributed by atoms with van der Waals surface area (Å²) >= 11 is 5.55. The van der Waals surface area contributed by atoms with Crippen molar-refractivity contribution in [1.82, 2.24) is 4.90 Å². The first-order valence-electron chi connectivity index (χ1n) is 4.17. The van der Waals surface area contributed by atoms with E-state index in [1.807, 2.05) is 6.92 Å². The van der Waals surface area contributed by atoms with E-state index >= 15 is 0 Å². The molecule has 66 valence electrons. The number of nitriles is 1. The van der Waals surface area contributed by atoms with Crippen LogP contribution in [0.4, 0.5) is 0 Å². The van der Waals surface area contributed by atoms with Crippen LogP contribution in [0, 0.1) is 11.3 Å². The number of likely N-dealkylation sites (tertiary alicyclic amines) is 1. The fourth-order valence-electron chi connectivity index (χ4n) is 1.52. The van der Waals surface area contributed by atoms with Crippen molar-refractivity contribution in [2.45, 2.75) is 25.8 Å². The van der Waals surface area contributed by atoms with E-state index in [1.54, 1.807) is 5.54 Å². The van der Waals surface area contributed by atoms with Gasteiger partial charge in [0.2, 0.25) is 0 Å². The molecule has 1 aliphatic heterocycles. The van der Waals surface area contributed by atoms with Crippen LogP contribution in [0.1, 0.15) is 19.8 Å². The second-order valence-electron chi connectivity index (χ2n) is 3.21. The zero-order valence-electron chi connectivity index (χ0n) is 7.26. The summed E-state index contributed by atoms with van der Waals surface area (Å²) < 4.78 is 0. The largest absolute Gasteiger partial charge is 0.284 e. The minimum atomic E-state index is 0.108. The van der Waals surface area contributed by atoms with Crippen molar-refractivity contribution in [2.75, 3.05) is 13.1 Å². The summed E-state index contributed by atoms with van der Waals surface area (Å²) in [6, 6.07) is 2.41. The van der Waals surface area contributed by atoms with Crippen LogP contribution in [0.5, 0.6) is 0 Å². The Morgan fingerprint density at radius 1 is 1.83 bits per heavy atom. The molecule has 1 saturated heterocycles. The summed E-state index contributed by atoms with van der Waals surface area (Å²) in [5.41, 5.74) is 2.71. The van der Waals surface area contributed by atoms with E-state index in [0.717, 1.165) is 31.5 Å². The Hall–Kier alpha value is -0.520. The third kappa shape index (κ3) is 2.23. The Balaban J connectivity index is 2.47. The lowest BCUT2D eigenvalue weighted by Gasteiger charge is -2.18. The van der Waals surface area contributed by atoms with E-state index in [1.165, 1.54) is 0 Å². The molecule has 0 aromatic carbocycles. The smallest absolute Gasteiger partial charge is 0.0981 e. The molecule has 0 aliphatic carbocycles. The van der Waals surface area contributed by atoms with Crippen LogP contribution in [0.3, 0.4) is 0 Å². The van der Waals surface area contributed by atoms with E-state index < -0.39 is 0 Å². The lowest BCUT2D eigenvalue weighted by Crippen LogP contribution is -2.29. The third-order valence-corrected chi connectivity index (χ3v) is 2.52. The van der Waals surface area contributed by atoms with Gasteiger partial charge >= 0.3 is 0 Å². The Bertz CT molecular complexity index is 217. The van der Waals surface area contributed by atoms with Crippen molar-refractivity contribution in [3.05, 3.63) is 11.1 Å². The summed E-state index contributed by atoms with van der Waals surface area (Å²) in [5.74, 6) is 0. The van der Waals surface area contributed by atoms with E-state index in [9.17, 15) is 0 Å². The molecule has 1 unspecified atom stereocenters. The zero-order valence-corrected chi connectivity index (χ0v) is 8.01. The monoisotopic (exact) mass is 184 g/mol. The van der Waals surface area contributed by atoms with Crippen molar-refractivity contribution < 1.29 is 0 Å². The molecule has 0 radical (unpaired) electrons. The lowest BCUT2D eigenvalue weighted by molar-refractivity contribution is 0.320. The molecule has 0 bridgehead atoms. The van der Waals surface area contributed by atoms with Gasteiger partial charge in [-0.25, -0.2) is 0 Å². The van der Waals surface area contributed by atoms with Gasteiger partial charge < -0.3 is 0 Å². The molecular weight excluding hydrogens is 172 g/mol. The SMILES string of the molecule is CC(=CCl)CN1CCCC1C#N. The maximum absolute atomic E-state index is 8.78. The number of hydrogen-bond acceptors (Lipinski definition) is 2. The molecule has 12 heavy (non-hydrogen) atoms. The first kappa shape index (κ1) is 9.57. The van der Waals surface area contributed by atoms with Gasteiger partial charge in [-0.05, 0) is 31.9 Å². The highest BCUT2D eigenvalue weighted by atomic mass is 35.5. The highest BCUT2D eigenvalue weighted by molar-refractivity contribution is 6.25. The maximum atomic E-state index is 8.78. The Morgan fingerprint density at radius 2 is 2.58 bits per heavy atom. The van der Waals surface area contributed by atoms with Gasteiger partial charge in [-0.1, -0.05) is 11.6 Å². The van der Waals surface area contributed by atoms with Gasteiger partial charge in [0.05, 0.1) is 12.1 Å². The highest BCUT2D eigenvalue weighted by Crippen LogP contribution is 2.17. The first-order valence-corrected chi connectivity index (χ1v) is 4.61. The van der Waals surface area contributed by atoms with Gasteiger partial charge in [0.1, 0.15) is 0 Å². The van der Waals surface area contributed by atoms with E-state index in [2.05, 4.69) is 11.0 Å². The molecule has 0 aromatic rings. The van der Waals surface area contributed by atoms with Crippen LogP contribution in [0.15, 0.2) is 11.1 Å². The average molecular weight is 185 g/mol. The average Bonchev–Trinajstić information content (AvgIpc) is 2.51. The third-order valence-electron chi connectivity index (χ3n) is 2.15. The van der Waals surface area contributed by atoms with Crippen molar-refractivity contribution >= 4 is 11.6 Å². The summed E-state index contributed by atoms with van der Waals surface area (Å²) in [7, 11) is 0. The predicted molar refractivity (Wildman–Crippen MR) is 49.8 cm³/mol. The molecule has 0 saturated carbocycles. The second-order valence-corrected chi connectivity index (χ2v) is 3.43. The van der Waals surface area contributed by atoms with Crippen LogP contribution in [-0.2, 0) is 0 Å². The van der Waals surface area contributed by atoms with Gasteiger partial charge in [0.25, 0.3) is 0 Å². The zero-order chi connectivity index (χ0) is 8.97. The molecule has 0 amide bonds. The van der Waals surface area contributed by atoms with Crippen LogP contribution >= 0.6 is 11.6 Å². The van der Waals surface area contributed by atoms with Crippen molar-refractivity contribution in [3.63, 3.8) is 0 Å². The van der Waals surface area contributed by atoms with Crippen LogP contribution < -0.4 is 0 Å². The molecule has 1 rings (SSSR count). The van der Waals surface area contributed by atoms with Crippen molar-refractivity contribution in [3.8, 4) is 6.07 Å². The maximum Gasteiger partial charge on any atom is 0.0981 e. The summed E-state index contributed by atoms with van der Waals surface area (Å²) in [5, 5.41) is 8.78. The van der Waals surface area contributed by atoms with Crippen LogP contribution in [0.2, 0.25) is 0 Å². The molecule has 1 fully saturated rings. The second kappa shape index (κ2) is 4.49. The van der Waals surface area contributed by atoms with Gasteiger partial charge in [-0.15, -0.1) is 0 Å².